The lowest BCUT2D eigenvalue weighted by molar-refractivity contribution is -0.145. The SMILES string of the molecule is Cc1cc(C#N)cc(C)c1Oc1nc(N(C(=O)CCC(=O)OCCN2CCOCC2)c2ccc(C#N)cc2)ncc1Br. The molecule has 0 spiro atoms. The molecule has 1 aromatic heterocycles. The number of nitrogens with zero attached hydrogens (tertiary/aromatic N) is 6. The summed E-state index contributed by atoms with van der Waals surface area (Å²) < 4.78 is 17.3. The van der Waals surface area contributed by atoms with Crippen molar-refractivity contribution in [3.8, 4) is 23.8 Å². The molecule has 2 heterocycles. The Kier molecular flexibility index (Phi) is 10.6. The summed E-state index contributed by atoms with van der Waals surface area (Å²) in [5.74, 6) is -0.222. The number of aryl methyl sites for hydroxylation is 2. The molecule has 2 aromatic carbocycles. The molecule has 1 fully saturated rings. The molecule has 1 saturated heterocycles. The molecule has 3 aromatic rings. The van der Waals surface area contributed by atoms with Crippen LogP contribution in [0.4, 0.5) is 11.6 Å². The van der Waals surface area contributed by atoms with E-state index in [9.17, 15) is 20.1 Å². The fourth-order valence-corrected chi connectivity index (χ4v) is 4.63. The molecule has 0 bridgehead atoms. The second kappa shape index (κ2) is 14.5. The van der Waals surface area contributed by atoms with E-state index in [1.54, 1.807) is 36.4 Å². The summed E-state index contributed by atoms with van der Waals surface area (Å²) in [6.45, 7) is 7.39. The number of benzene rings is 2. The Bertz CT molecular complexity index is 1500. The number of ether oxygens (including phenoxy) is 3. The number of carbonyl (C=O) groups excluding carboxylic acids is 2. The van der Waals surface area contributed by atoms with Gasteiger partial charge in [-0.2, -0.15) is 15.5 Å². The monoisotopic (exact) mass is 632 g/mol. The Labute approximate surface area is 252 Å². The molecule has 0 radical (unpaired) electrons. The van der Waals surface area contributed by atoms with E-state index in [1.165, 1.54) is 11.1 Å². The first-order chi connectivity index (χ1) is 20.3. The van der Waals surface area contributed by atoms with E-state index in [2.05, 4.69) is 42.9 Å². The number of carbonyl (C=O) groups is 2. The number of nitriles is 2. The number of hydrogen-bond acceptors (Lipinski definition) is 10. The molecule has 0 atom stereocenters. The third-order valence-electron chi connectivity index (χ3n) is 6.51. The van der Waals surface area contributed by atoms with Crippen LogP contribution in [0.3, 0.4) is 0 Å². The molecule has 0 aliphatic carbocycles. The van der Waals surface area contributed by atoms with Gasteiger partial charge in [-0.15, -0.1) is 0 Å². The van der Waals surface area contributed by atoms with Gasteiger partial charge in [0, 0.05) is 26.1 Å². The van der Waals surface area contributed by atoms with Crippen LogP contribution >= 0.6 is 15.9 Å². The van der Waals surface area contributed by atoms with Crippen LogP contribution in [0.15, 0.2) is 47.1 Å². The maximum atomic E-state index is 13.5. The van der Waals surface area contributed by atoms with E-state index in [0.29, 0.717) is 46.8 Å². The van der Waals surface area contributed by atoms with Gasteiger partial charge in [0.25, 0.3) is 0 Å². The van der Waals surface area contributed by atoms with Crippen LogP contribution in [0.25, 0.3) is 0 Å². The van der Waals surface area contributed by atoms with Crippen LogP contribution in [-0.2, 0) is 19.1 Å². The largest absolute Gasteiger partial charge is 0.464 e. The fraction of sp³-hybridized carbons (Fsp3) is 0.333. The lowest BCUT2D eigenvalue weighted by Gasteiger charge is -2.26. The average molecular weight is 634 g/mol. The van der Waals surface area contributed by atoms with Gasteiger partial charge < -0.3 is 14.2 Å². The summed E-state index contributed by atoms with van der Waals surface area (Å²) in [6.07, 6.45) is 1.19. The van der Waals surface area contributed by atoms with Crippen LogP contribution in [0.5, 0.6) is 11.6 Å². The van der Waals surface area contributed by atoms with Crippen molar-refractivity contribution in [2.24, 2.45) is 0 Å². The van der Waals surface area contributed by atoms with E-state index in [-0.39, 0.29) is 31.3 Å². The van der Waals surface area contributed by atoms with Gasteiger partial charge >= 0.3 is 5.97 Å². The van der Waals surface area contributed by atoms with Crippen LogP contribution in [0.1, 0.15) is 35.1 Å². The summed E-state index contributed by atoms with van der Waals surface area (Å²) in [7, 11) is 0. The van der Waals surface area contributed by atoms with Gasteiger partial charge in [-0.1, -0.05) is 0 Å². The lowest BCUT2D eigenvalue weighted by atomic mass is 10.1. The second-order valence-corrected chi connectivity index (χ2v) is 10.4. The van der Waals surface area contributed by atoms with Gasteiger partial charge in [0.15, 0.2) is 0 Å². The minimum atomic E-state index is -0.482. The Hall–Kier alpha value is -4.36. The van der Waals surface area contributed by atoms with E-state index >= 15 is 0 Å². The Morgan fingerprint density at radius 2 is 1.71 bits per heavy atom. The molecule has 12 heteroatoms. The summed E-state index contributed by atoms with van der Waals surface area (Å²) in [5.41, 5.74) is 2.83. The topological polar surface area (TPSA) is 142 Å². The highest BCUT2D eigenvalue weighted by Gasteiger charge is 2.24. The predicted molar refractivity (Wildman–Crippen MR) is 156 cm³/mol. The molecule has 0 saturated carbocycles. The highest BCUT2D eigenvalue weighted by Crippen LogP contribution is 2.35. The van der Waals surface area contributed by atoms with E-state index in [4.69, 9.17) is 14.2 Å². The maximum Gasteiger partial charge on any atom is 0.306 e. The molecule has 42 heavy (non-hydrogen) atoms. The minimum Gasteiger partial charge on any atom is -0.464 e. The summed E-state index contributed by atoms with van der Waals surface area (Å²) >= 11 is 3.42. The zero-order valence-corrected chi connectivity index (χ0v) is 24.9. The normalized spacial score (nSPS) is 13.1. The molecular weight excluding hydrogens is 604 g/mol. The van der Waals surface area contributed by atoms with Crippen molar-refractivity contribution in [1.29, 1.82) is 10.5 Å². The molecule has 216 valence electrons. The molecule has 0 N–H and O–H groups in total. The summed E-state index contributed by atoms with van der Waals surface area (Å²) in [5, 5.41) is 18.5. The van der Waals surface area contributed by atoms with Crippen molar-refractivity contribution in [2.45, 2.75) is 26.7 Å². The fourth-order valence-electron chi connectivity index (χ4n) is 4.36. The number of hydrogen-bond donors (Lipinski definition) is 0. The van der Waals surface area contributed by atoms with Gasteiger partial charge in [-0.3, -0.25) is 14.5 Å². The smallest absolute Gasteiger partial charge is 0.306 e. The Balaban J connectivity index is 1.53. The molecule has 1 amide bonds. The number of amides is 1. The number of esters is 1. The van der Waals surface area contributed by atoms with Crippen molar-refractivity contribution in [2.75, 3.05) is 44.4 Å². The highest BCUT2D eigenvalue weighted by atomic mass is 79.9. The molecule has 0 unspecified atom stereocenters. The standard InChI is InChI=1S/C30H29BrN6O5/c1-20-15-23(18-33)16-21(2)28(20)42-29-25(31)19-34-30(35-29)37(24-5-3-22(17-32)4-6-24)26(38)7-8-27(39)41-14-11-36-9-12-40-13-10-36/h3-6,15-16,19H,7-14H2,1-2H3. The van der Waals surface area contributed by atoms with Crippen LogP contribution in [0.2, 0.25) is 0 Å². The quantitative estimate of drug-likeness (QED) is 0.288. The number of anilines is 2. The van der Waals surface area contributed by atoms with Gasteiger partial charge in [0.05, 0.1) is 59.3 Å². The van der Waals surface area contributed by atoms with Crippen molar-refractivity contribution in [3.05, 3.63) is 69.3 Å². The first kappa shape index (κ1) is 30.6. The average Bonchev–Trinajstić information content (AvgIpc) is 3.00. The first-order valence-corrected chi connectivity index (χ1v) is 14.1. The van der Waals surface area contributed by atoms with Crippen molar-refractivity contribution in [3.63, 3.8) is 0 Å². The minimum absolute atomic E-state index is 0.0209. The Morgan fingerprint density at radius 3 is 2.36 bits per heavy atom. The first-order valence-electron chi connectivity index (χ1n) is 13.3. The third-order valence-corrected chi connectivity index (χ3v) is 7.05. The van der Waals surface area contributed by atoms with E-state index in [1.807, 2.05) is 13.8 Å². The van der Waals surface area contributed by atoms with E-state index < -0.39 is 11.9 Å². The van der Waals surface area contributed by atoms with Gasteiger partial charge in [0.2, 0.25) is 17.7 Å². The zero-order chi connectivity index (χ0) is 30.1. The van der Waals surface area contributed by atoms with Crippen molar-refractivity contribution in [1.82, 2.24) is 14.9 Å². The van der Waals surface area contributed by atoms with Gasteiger partial charge in [-0.05, 0) is 77.3 Å². The molecular formula is C30H29BrN6O5. The highest BCUT2D eigenvalue weighted by molar-refractivity contribution is 9.10. The van der Waals surface area contributed by atoms with Crippen molar-refractivity contribution < 1.29 is 23.8 Å². The third kappa shape index (κ3) is 7.89. The predicted octanol–water partition coefficient (Wildman–Crippen LogP) is 4.71. The molecule has 4 rings (SSSR count). The Morgan fingerprint density at radius 1 is 1.05 bits per heavy atom. The van der Waals surface area contributed by atoms with Crippen LogP contribution in [-0.4, -0.2) is 66.2 Å². The second-order valence-electron chi connectivity index (χ2n) is 9.54. The number of aromatic nitrogens is 2. The number of rotatable bonds is 10. The van der Waals surface area contributed by atoms with E-state index in [0.717, 1.165) is 24.2 Å². The van der Waals surface area contributed by atoms with Crippen LogP contribution in [0, 0.1) is 36.5 Å². The zero-order valence-electron chi connectivity index (χ0n) is 23.3. The summed E-state index contributed by atoms with van der Waals surface area (Å²) in [6, 6.07) is 14.0. The van der Waals surface area contributed by atoms with Gasteiger partial charge in [0.1, 0.15) is 12.4 Å². The van der Waals surface area contributed by atoms with Crippen LogP contribution < -0.4 is 9.64 Å². The van der Waals surface area contributed by atoms with Crippen molar-refractivity contribution >= 4 is 39.4 Å². The molecule has 11 nitrogen and oxygen atoms in total. The lowest BCUT2D eigenvalue weighted by Crippen LogP contribution is -2.38. The molecule has 1 aliphatic heterocycles. The van der Waals surface area contributed by atoms with Gasteiger partial charge in [-0.25, -0.2) is 9.88 Å². The number of morpholine rings is 1. The number of halogens is 1. The molecule has 1 aliphatic rings. The summed E-state index contributed by atoms with van der Waals surface area (Å²) in [4.78, 5) is 38.3. The maximum absolute atomic E-state index is 13.5.